The number of esters is 1. The van der Waals surface area contributed by atoms with E-state index in [2.05, 4.69) is 5.32 Å². The van der Waals surface area contributed by atoms with Gasteiger partial charge in [-0.05, 0) is 38.3 Å². The van der Waals surface area contributed by atoms with Crippen LogP contribution < -0.4 is 5.32 Å². The van der Waals surface area contributed by atoms with Gasteiger partial charge < -0.3 is 10.1 Å². The zero-order valence-corrected chi connectivity index (χ0v) is 10.5. The van der Waals surface area contributed by atoms with Gasteiger partial charge in [-0.15, -0.1) is 0 Å². The largest absolute Gasteiger partial charge is 0.463 e. The summed E-state index contributed by atoms with van der Waals surface area (Å²) in [5.41, 5.74) is 0. The molecule has 1 fully saturated rings. The van der Waals surface area contributed by atoms with Gasteiger partial charge in [0, 0.05) is 0 Å². The molecule has 0 aromatic carbocycles. The number of carbonyl (C=O) groups excluding carboxylic acids is 1. The van der Waals surface area contributed by atoms with Crippen LogP contribution in [0.4, 0.5) is 0 Å². The van der Waals surface area contributed by atoms with Crippen LogP contribution in [0.25, 0.3) is 0 Å². The quantitative estimate of drug-likeness (QED) is 0.634. The van der Waals surface area contributed by atoms with E-state index in [0.717, 1.165) is 25.9 Å². The standard InChI is InChI=1S/C9H14Cl3NO2/c10-9(11,12)8(14)15-5-3-7-2-1-4-13-6-7/h7,13H,1-6H2/t7-/m1/s1. The summed E-state index contributed by atoms with van der Waals surface area (Å²) in [5, 5.41) is 3.28. The van der Waals surface area contributed by atoms with Gasteiger partial charge in [0.15, 0.2) is 0 Å². The summed E-state index contributed by atoms with van der Waals surface area (Å²) in [4.78, 5) is 11.1. The lowest BCUT2D eigenvalue weighted by molar-refractivity contribution is -0.142. The van der Waals surface area contributed by atoms with Crippen LogP contribution in [0.3, 0.4) is 0 Å². The number of hydrogen-bond donors (Lipinski definition) is 1. The van der Waals surface area contributed by atoms with E-state index in [9.17, 15) is 4.79 Å². The summed E-state index contributed by atoms with van der Waals surface area (Å²) in [6.07, 6.45) is 3.15. The maximum Gasteiger partial charge on any atom is 0.358 e. The lowest BCUT2D eigenvalue weighted by Gasteiger charge is -2.22. The van der Waals surface area contributed by atoms with Crippen LogP contribution in [-0.4, -0.2) is 29.5 Å². The maximum absolute atomic E-state index is 11.1. The van der Waals surface area contributed by atoms with Gasteiger partial charge in [0.05, 0.1) is 6.61 Å². The molecule has 0 aromatic heterocycles. The van der Waals surface area contributed by atoms with Crippen molar-refractivity contribution in [2.45, 2.75) is 23.1 Å². The molecule has 1 heterocycles. The van der Waals surface area contributed by atoms with Crippen molar-refractivity contribution in [1.82, 2.24) is 5.32 Å². The zero-order chi connectivity index (χ0) is 11.3. The molecule has 0 bridgehead atoms. The predicted octanol–water partition coefficient (Wildman–Crippen LogP) is 2.29. The Bertz CT molecular complexity index is 212. The van der Waals surface area contributed by atoms with Crippen LogP contribution in [0, 0.1) is 5.92 Å². The maximum atomic E-state index is 11.1. The summed E-state index contributed by atoms with van der Waals surface area (Å²) in [6, 6.07) is 0. The van der Waals surface area contributed by atoms with E-state index in [1.54, 1.807) is 0 Å². The third kappa shape index (κ3) is 5.25. The van der Waals surface area contributed by atoms with Crippen molar-refractivity contribution in [1.29, 1.82) is 0 Å². The molecule has 0 unspecified atom stereocenters. The average molecular weight is 275 g/mol. The fourth-order valence-corrected chi connectivity index (χ4v) is 1.73. The van der Waals surface area contributed by atoms with E-state index < -0.39 is 9.76 Å². The zero-order valence-electron chi connectivity index (χ0n) is 8.27. The molecule has 0 aromatic rings. The molecular formula is C9H14Cl3NO2. The summed E-state index contributed by atoms with van der Waals surface area (Å²) in [6.45, 7) is 2.37. The number of rotatable bonds is 3. The molecule has 0 radical (unpaired) electrons. The number of halogens is 3. The van der Waals surface area contributed by atoms with Crippen LogP contribution in [0.2, 0.25) is 0 Å². The lowest BCUT2D eigenvalue weighted by atomic mass is 9.97. The molecule has 0 spiro atoms. The highest BCUT2D eigenvalue weighted by atomic mass is 35.6. The molecule has 0 aliphatic carbocycles. The Hall–Kier alpha value is 0.300. The van der Waals surface area contributed by atoms with Crippen molar-refractivity contribution >= 4 is 40.8 Å². The summed E-state index contributed by atoms with van der Waals surface area (Å²) in [5.74, 6) is -0.238. The van der Waals surface area contributed by atoms with Crippen molar-refractivity contribution in [3.8, 4) is 0 Å². The van der Waals surface area contributed by atoms with Crippen LogP contribution in [-0.2, 0) is 9.53 Å². The number of ether oxygens (including phenoxy) is 1. The first kappa shape index (κ1) is 13.4. The normalized spacial score (nSPS) is 22.5. The molecule has 0 amide bonds. The molecule has 1 rings (SSSR count). The number of nitrogens with one attached hydrogen (secondary N) is 1. The Kier molecular flexibility index (Phi) is 5.47. The minimum atomic E-state index is -1.95. The number of hydrogen-bond acceptors (Lipinski definition) is 3. The van der Waals surface area contributed by atoms with Gasteiger partial charge in [0.2, 0.25) is 0 Å². The highest BCUT2D eigenvalue weighted by molar-refractivity contribution is 6.75. The van der Waals surface area contributed by atoms with Crippen molar-refractivity contribution in [3.63, 3.8) is 0 Å². The smallest absolute Gasteiger partial charge is 0.358 e. The van der Waals surface area contributed by atoms with E-state index >= 15 is 0 Å². The third-order valence-electron chi connectivity index (χ3n) is 2.39. The van der Waals surface area contributed by atoms with E-state index in [4.69, 9.17) is 39.5 Å². The first-order valence-electron chi connectivity index (χ1n) is 4.95. The van der Waals surface area contributed by atoms with Gasteiger partial charge in [-0.2, -0.15) is 0 Å². The van der Waals surface area contributed by atoms with E-state index in [0.29, 0.717) is 12.5 Å². The molecule has 1 aliphatic heterocycles. The average Bonchev–Trinajstić information content (AvgIpc) is 2.18. The first-order chi connectivity index (χ1) is 7.00. The van der Waals surface area contributed by atoms with E-state index in [1.807, 2.05) is 0 Å². The molecule has 3 nitrogen and oxygen atoms in total. The highest BCUT2D eigenvalue weighted by Crippen LogP contribution is 2.27. The lowest BCUT2D eigenvalue weighted by Crippen LogP contribution is -2.31. The van der Waals surface area contributed by atoms with Crippen molar-refractivity contribution in [3.05, 3.63) is 0 Å². The van der Waals surface area contributed by atoms with Gasteiger partial charge in [0.1, 0.15) is 0 Å². The van der Waals surface area contributed by atoms with Gasteiger partial charge in [-0.3, -0.25) is 0 Å². The second-order valence-corrected chi connectivity index (χ2v) is 5.92. The molecule has 0 saturated carbocycles. The van der Waals surface area contributed by atoms with Crippen molar-refractivity contribution < 1.29 is 9.53 Å². The Morgan fingerprint density at radius 2 is 2.20 bits per heavy atom. The second kappa shape index (κ2) is 6.14. The fourth-order valence-electron chi connectivity index (χ4n) is 1.57. The Morgan fingerprint density at radius 1 is 1.47 bits per heavy atom. The number of piperidine rings is 1. The molecule has 1 saturated heterocycles. The van der Waals surface area contributed by atoms with Gasteiger partial charge in [0.25, 0.3) is 3.79 Å². The molecule has 1 N–H and O–H groups in total. The molecule has 15 heavy (non-hydrogen) atoms. The van der Waals surface area contributed by atoms with Crippen LogP contribution in [0.5, 0.6) is 0 Å². The minimum absolute atomic E-state index is 0.319. The highest BCUT2D eigenvalue weighted by Gasteiger charge is 2.32. The van der Waals surface area contributed by atoms with Crippen LogP contribution >= 0.6 is 34.8 Å². The second-order valence-electron chi connectivity index (χ2n) is 3.63. The predicted molar refractivity (Wildman–Crippen MR) is 61.5 cm³/mol. The number of carbonyl (C=O) groups is 1. The first-order valence-corrected chi connectivity index (χ1v) is 6.08. The Morgan fingerprint density at radius 3 is 2.73 bits per heavy atom. The van der Waals surface area contributed by atoms with Gasteiger partial charge >= 0.3 is 5.97 Å². The number of alkyl halides is 3. The summed E-state index contributed by atoms with van der Waals surface area (Å²) in [7, 11) is 0. The minimum Gasteiger partial charge on any atom is -0.463 e. The SMILES string of the molecule is O=C(OCC[C@H]1CCCNC1)C(Cl)(Cl)Cl. The topological polar surface area (TPSA) is 38.3 Å². The Balaban J connectivity index is 2.12. The Labute approximate surface area is 104 Å². The monoisotopic (exact) mass is 273 g/mol. The van der Waals surface area contributed by atoms with E-state index in [1.165, 1.54) is 6.42 Å². The van der Waals surface area contributed by atoms with Crippen LogP contribution in [0.1, 0.15) is 19.3 Å². The molecule has 1 atom stereocenters. The molecule has 1 aliphatic rings. The van der Waals surface area contributed by atoms with Gasteiger partial charge in [-0.1, -0.05) is 34.8 Å². The van der Waals surface area contributed by atoms with E-state index in [-0.39, 0.29) is 0 Å². The molecular weight excluding hydrogens is 260 g/mol. The molecule has 88 valence electrons. The molecule has 6 heteroatoms. The van der Waals surface area contributed by atoms with Gasteiger partial charge in [-0.25, -0.2) is 4.79 Å². The van der Waals surface area contributed by atoms with Crippen molar-refractivity contribution in [2.75, 3.05) is 19.7 Å². The fraction of sp³-hybridized carbons (Fsp3) is 0.889. The summed E-state index contributed by atoms with van der Waals surface area (Å²) >= 11 is 16.0. The van der Waals surface area contributed by atoms with Crippen LogP contribution in [0.15, 0.2) is 0 Å². The third-order valence-corrected chi connectivity index (χ3v) is 2.85. The van der Waals surface area contributed by atoms with Crippen molar-refractivity contribution in [2.24, 2.45) is 5.92 Å². The summed E-state index contributed by atoms with van der Waals surface area (Å²) < 4.78 is 2.89.